The van der Waals surface area contributed by atoms with E-state index in [1.165, 1.54) is 5.38 Å². The Morgan fingerprint density at radius 3 is 2.39 bits per heavy atom. The quantitative estimate of drug-likeness (QED) is 0.0276. The number of fused-ring (bicyclic) bond motifs is 1. The molecule has 3 amide bonds. The zero-order valence-corrected chi connectivity index (χ0v) is 27.3. The zero-order chi connectivity index (χ0) is 34.6. The number of rotatable bonds is 15. The second kappa shape index (κ2) is 14.7. The third-order valence-corrected chi connectivity index (χ3v) is 12.4. The molecule has 0 unspecified atom stereocenters. The summed E-state index contributed by atoms with van der Waals surface area (Å²) in [7, 11) is -10.1. The molecule has 2 aliphatic heterocycles. The van der Waals surface area contributed by atoms with E-state index in [1.54, 1.807) is 0 Å². The van der Waals surface area contributed by atoms with E-state index in [1.807, 2.05) is 0 Å². The summed E-state index contributed by atoms with van der Waals surface area (Å²) >= 11 is 2.02. The van der Waals surface area contributed by atoms with Crippen LogP contribution in [0.4, 0.5) is 5.13 Å². The van der Waals surface area contributed by atoms with Crippen LogP contribution in [0.1, 0.15) is 38.3 Å². The average molecular weight is 730 g/mol. The van der Waals surface area contributed by atoms with Crippen molar-refractivity contribution in [3.05, 3.63) is 22.3 Å². The van der Waals surface area contributed by atoms with Gasteiger partial charge in [-0.05, 0) is 19.3 Å². The van der Waals surface area contributed by atoms with Crippen LogP contribution >= 0.6 is 38.3 Å². The first-order valence-electron chi connectivity index (χ1n) is 12.9. The van der Waals surface area contributed by atoms with Crippen molar-refractivity contribution in [3.8, 4) is 0 Å². The van der Waals surface area contributed by atoms with E-state index in [4.69, 9.17) is 9.57 Å². The number of nitrogens with one attached hydrogen (secondary N) is 2. The third kappa shape index (κ3) is 8.20. The van der Waals surface area contributed by atoms with Crippen LogP contribution in [0, 0.1) is 0 Å². The average Bonchev–Trinajstić information content (AvgIpc) is 3.41. The Balaban J connectivity index is 1.61. The lowest BCUT2D eigenvalue weighted by molar-refractivity contribution is -0.150. The van der Waals surface area contributed by atoms with Gasteiger partial charge in [-0.2, -0.15) is 0 Å². The molecular weight excluding hydrogens is 700 g/mol. The monoisotopic (exact) mass is 729 g/mol. The number of carboxylic acids is 1. The Morgan fingerprint density at radius 1 is 1.17 bits per heavy atom. The number of unbranched alkanes of at least 4 members (excludes halogenated alkanes) is 1. The summed E-state index contributed by atoms with van der Waals surface area (Å²) in [6.07, 6.45) is -1.73. The molecule has 1 fully saturated rings. The third-order valence-electron chi connectivity index (χ3n) is 6.48. The lowest BCUT2D eigenvalue weighted by Gasteiger charge is -2.49. The number of carboxylic acid groups (broad SMARTS) is 1. The van der Waals surface area contributed by atoms with Crippen LogP contribution in [0.3, 0.4) is 0 Å². The van der Waals surface area contributed by atoms with Gasteiger partial charge in [-0.3, -0.25) is 33.2 Å². The van der Waals surface area contributed by atoms with Gasteiger partial charge in [0, 0.05) is 30.1 Å². The molecule has 1 aromatic heterocycles. The van der Waals surface area contributed by atoms with Crippen molar-refractivity contribution in [1.82, 2.24) is 15.2 Å². The summed E-state index contributed by atoms with van der Waals surface area (Å²) in [6.45, 7) is 0.836. The molecule has 46 heavy (non-hydrogen) atoms. The second-order valence-corrected chi connectivity index (χ2v) is 15.6. The molecule has 3 rings (SSSR count). The van der Waals surface area contributed by atoms with Gasteiger partial charge in [-0.15, -0.1) is 23.1 Å². The maximum atomic E-state index is 13.1. The summed E-state index contributed by atoms with van der Waals surface area (Å²) < 4.78 is 27.7. The number of ether oxygens (including phenoxy) is 1. The molecule has 0 bridgehead atoms. The van der Waals surface area contributed by atoms with Gasteiger partial charge in [0.2, 0.25) is 5.91 Å². The number of hydrogen-bond acceptors (Lipinski definition) is 14. The van der Waals surface area contributed by atoms with Crippen LogP contribution in [-0.4, -0.2) is 111 Å². The number of nitrogens with zero attached hydrogens (tertiary/aromatic N) is 3. The highest BCUT2D eigenvalue weighted by Gasteiger charge is 2.58. The maximum Gasteiger partial charge on any atom is 0.369 e. The Bertz CT molecular complexity index is 1550. The van der Waals surface area contributed by atoms with Crippen LogP contribution in [0.2, 0.25) is 0 Å². The normalized spacial score (nSPS) is 18.8. The number of aromatic nitrogens is 1. The second-order valence-electron chi connectivity index (χ2n) is 9.68. The number of aliphatic hydroxyl groups is 1. The molecule has 1 saturated heterocycles. The van der Waals surface area contributed by atoms with Crippen LogP contribution in [0.15, 0.2) is 21.8 Å². The van der Waals surface area contributed by atoms with Gasteiger partial charge >= 0.3 is 27.1 Å². The fourth-order valence-electron chi connectivity index (χ4n) is 4.22. The van der Waals surface area contributed by atoms with Gasteiger partial charge in [0.25, 0.3) is 16.9 Å². The number of amides is 3. The summed E-state index contributed by atoms with van der Waals surface area (Å²) in [5, 5.41) is 25.1. The molecule has 0 aromatic carbocycles. The van der Waals surface area contributed by atoms with E-state index in [0.29, 0.717) is 0 Å². The molecule has 20 nitrogen and oxygen atoms in total. The number of oxime groups is 1. The van der Waals surface area contributed by atoms with Crippen molar-refractivity contribution in [3.63, 3.8) is 0 Å². The van der Waals surface area contributed by atoms with Gasteiger partial charge in [-0.1, -0.05) is 5.16 Å². The highest BCUT2D eigenvalue weighted by molar-refractivity contribution is 8.00. The molecule has 8 N–H and O–H groups in total. The van der Waals surface area contributed by atoms with E-state index < -0.39 is 67.8 Å². The van der Waals surface area contributed by atoms with Gasteiger partial charge in [0.05, 0.1) is 0 Å². The van der Waals surface area contributed by atoms with Gasteiger partial charge < -0.3 is 50.0 Å². The Labute approximate surface area is 267 Å². The van der Waals surface area contributed by atoms with Crippen LogP contribution in [-0.2, 0) is 42.7 Å². The largest absolute Gasteiger partial charge is 0.477 e. The topological polar surface area (TPSA) is 312 Å². The number of esters is 1. The summed E-state index contributed by atoms with van der Waals surface area (Å²) in [6, 6.07) is -1.14. The van der Waals surface area contributed by atoms with Gasteiger partial charge in [0.15, 0.2) is 10.8 Å². The first-order chi connectivity index (χ1) is 21.3. The van der Waals surface area contributed by atoms with E-state index in [0.717, 1.165) is 42.0 Å². The molecule has 0 saturated carbocycles. The zero-order valence-electron chi connectivity index (χ0n) is 23.9. The standard InChI is InChI=1S/C22H29N5O15P2S2/c1-10(28)42-7-11-8-45-19-15(18(31)27(19)16(11)20(32)33)25-17(30)14(26-41-2)12-9-46-21(23-12)24-13(29)5-3-4-6-22(34,43(35,36)37)44(38,39)40/h9,15,19,34H,3-8H2,1-2H3,(H,25,30)(H,32,33)(H,23,24,29)(H2,35,36,37)(H2,38,39,40)/b26-14-/t15-,19-/m1/s1. The Kier molecular flexibility index (Phi) is 11.9. The predicted octanol–water partition coefficient (Wildman–Crippen LogP) is -0.704. The number of carbonyl (C=O) groups is 5. The SMILES string of the molecule is CO/N=C(\C(=O)N[C@@H]1C(=O)N2C(C(=O)O)=C(COC(C)=O)CS[C@H]12)c1csc(NC(=O)CCCCC(O)(P(=O)(O)O)P(=O)(O)O)n1. The predicted molar refractivity (Wildman–Crippen MR) is 158 cm³/mol. The minimum atomic E-state index is -5.62. The fourth-order valence-corrected chi connectivity index (χ4v) is 8.51. The highest BCUT2D eigenvalue weighted by Crippen LogP contribution is 2.69. The van der Waals surface area contributed by atoms with Crippen LogP contribution in [0.25, 0.3) is 0 Å². The molecule has 1 aromatic rings. The molecule has 0 aliphatic carbocycles. The number of β-lactam (4-membered cyclic amide) rings is 1. The van der Waals surface area contributed by atoms with Crippen molar-refractivity contribution in [1.29, 1.82) is 0 Å². The molecule has 254 valence electrons. The smallest absolute Gasteiger partial charge is 0.369 e. The molecule has 0 radical (unpaired) electrons. The van der Waals surface area contributed by atoms with Crippen LogP contribution < -0.4 is 10.6 Å². The number of thiazole rings is 1. The number of thioether (sulfide) groups is 1. The van der Waals surface area contributed by atoms with Crippen molar-refractivity contribution in [2.75, 3.05) is 24.8 Å². The van der Waals surface area contributed by atoms with Crippen molar-refractivity contribution in [2.45, 2.75) is 49.1 Å². The lowest BCUT2D eigenvalue weighted by Crippen LogP contribution is -2.71. The fraction of sp³-hybridized carbons (Fsp3) is 0.500. The van der Waals surface area contributed by atoms with E-state index in [2.05, 4.69) is 20.8 Å². The summed E-state index contributed by atoms with van der Waals surface area (Å²) in [5.41, 5.74) is -0.581. The lowest BCUT2D eigenvalue weighted by atomic mass is 10.0. The maximum absolute atomic E-state index is 13.1. The number of carbonyl (C=O) groups excluding carboxylic acids is 4. The van der Waals surface area contributed by atoms with E-state index in [-0.39, 0.29) is 59.4 Å². The van der Waals surface area contributed by atoms with Gasteiger partial charge in [0.1, 0.15) is 36.5 Å². The number of aliphatic carboxylic acids is 1. The Morgan fingerprint density at radius 2 is 1.83 bits per heavy atom. The Hall–Kier alpha value is -3.20. The first-order valence-corrected chi connectivity index (χ1v) is 18.0. The molecule has 2 aliphatic rings. The van der Waals surface area contributed by atoms with Crippen molar-refractivity contribution < 1.29 is 72.5 Å². The van der Waals surface area contributed by atoms with E-state index in [9.17, 15) is 62.9 Å². The number of anilines is 1. The molecule has 3 heterocycles. The molecule has 24 heteroatoms. The highest BCUT2D eigenvalue weighted by atomic mass is 32.2. The van der Waals surface area contributed by atoms with Gasteiger partial charge in [-0.25, -0.2) is 9.78 Å². The molecule has 2 atom stereocenters. The summed E-state index contributed by atoms with van der Waals surface area (Å²) in [4.78, 5) is 108. The van der Waals surface area contributed by atoms with Crippen molar-refractivity contribution in [2.24, 2.45) is 5.16 Å². The van der Waals surface area contributed by atoms with Crippen LogP contribution in [0.5, 0.6) is 0 Å². The first kappa shape index (κ1) is 37.3. The summed E-state index contributed by atoms with van der Waals surface area (Å²) in [5.74, 6) is -4.22. The molecule has 0 spiro atoms. The van der Waals surface area contributed by atoms with Crippen molar-refractivity contribution >= 4 is 78.8 Å². The number of hydrogen-bond donors (Lipinski definition) is 8. The molecular formula is C22H29N5O15P2S2. The van der Waals surface area contributed by atoms with E-state index >= 15 is 0 Å². The minimum Gasteiger partial charge on any atom is -0.477 e. The minimum absolute atomic E-state index is 0.0104.